The number of carbonyl (C=O) groups excluding carboxylic acids is 1. The summed E-state index contributed by atoms with van der Waals surface area (Å²) >= 11 is 0. The van der Waals surface area contributed by atoms with Crippen LogP contribution < -0.4 is 11.1 Å². The Morgan fingerprint density at radius 2 is 2.32 bits per heavy atom. The first-order valence-corrected chi connectivity index (χ1v) is 7.47. The molecule has 19 heavy (non-hydrogen) atoms. The molecular weight excluding hydrogens is 242 g/mol. The Hall–Kier alpha value is -0.650. The number of rotatable bonds is 6. The largest absolute Gasteiger partial charge is 0.375 e. The lowest BCUT2D eigenvalue weighted by atomic mass is 9.98. The van der Waals surface area contributed by atoms with E-state index in [9.17, 15) is 4.79 Å². The summed E-state index contributed by atoms with van der Waals surface area (Å²) < 4.78 is 5.81. The summed E-state index contributed by atoms with van der Waals surface area (Å²) in [6.45, 7) is 7.19. The second-order valence-corrected chi connectivity index (χ2v) is 6.00. The van der Waals surface area contributed by atoms with E-state index in [1.54, 1.807) is 0 Å². The Morgan fingerprint density at radius 3 is 3.00 bits per heavy atom. The number of morpholine rings is 1. The van der Waals surface area contributed by atoms with Gasteiger partial charge >= 0.3 is 0 Å². The molecule has 1 amide bonds. The summed E-state index contributed by atoms with van der Waals surface area (Å²) in [6, 6.07) is 0.468. The number of nitrogens with two attached hydrogens (primary N) is 1. The van der Waals surface area contributed by atoms with Crippen molar-refractivity contribution >= 4 is 5.91 Å². The highest BCUT2D eigenvalue weighted by atomic mass is 16.5. The Bertz CT molecular complexity index is 324. The third-order valence-electron chi connectivity index (χ3n) is 4.43. The first-order chi connectivity index (χ1) is 9.07. The molecule has 2 fully saturated rings. The second-order valence-electron chi connectivity index (χ2n) is 6.00. The van der Waals surface area contributed by atoms with E-state index in [1.807, 2.05) is 6.92 Å². The minimum absolute atomic E-state index is 0.262. The standard InChI is InChI=1S/C14H27N3O2/c1-3-7-16-14(2,13(15)18)10-17-8-9-19-12-6-4-5-11(12)17/h11-12,16H,3-10H2,1-2H3,(H2,15,18). The molecule has 3 unspecified atom stereocenters. The molecule has 0 bridgehead atoms. The van der Waals surface area contributed by atoms with E-state index < -0.39 is 5.54 Å². The van der Waals surface area contributed by atoms with Gasteiger partial charge in [-0.3, -0.25) is 9.69 Å². The van der Waals surface area contributed by atoms with Gasteiger partial charge in [-0.1, -0.05) is 6.92 Å². The molecule has 1 aliphatic carbocycles. The lowest BCUT2D eigenvalue weighted by Crippen LogP contribution is -2.63. The zero-order chi connectivity index (χ0) is 13.9. The van der Waals surface area contributed by atoms with Crippen molar-refractivity contribution < 1.29 is 9.53 Å². The van der Waals surface area contributed by atoms with Crippen molar-refractivity contribution in [1.82, 2.24) is 10.2 Å². The number of carbonyl (C=O) groups is 1. The van der Waals surface area contributed by atoms with Crippen LogP contribution in [0.15, 0.2) is 0 Å². The molecule has 0 aromatic rings. The van der Waals surface area contributed by atoms with E-state index in [4.69, 9.17) is 10.5 Å². The molecule has 0 spiro atoms. The van der Waals surface area contributed by atoms with Crippen molar-refractivity contribution in [3.63, 3.8) is 0 Å². The highest BCUT2D eigenvalue weighted by molar-refractivity contribution is 5.84. The van der Waals surface area contributed by atoms with E-state index in [0.717, 1.165) is 32.5 Å². The molecule has 5 heteroatoms. The van der Waals surface area contributed by atoms with Crippen molar-refractivity contribution in [3.05, 3.63) is 0 Å². The third kappa shape index (κ3) is 3.27. The molecule has 1 aliphatic heterocycles. The monoisotopic (exact) mass is 269 g/mol. The molecular formula is C14H27N3O2. The zero-order valence-electron chi connectivity index (χ0n) is 12.2. The molecule has 1 saturated carbocycles. The number of nitrogens with zero attached hydrogens (tertiary/aromatic N) is 1. The highest BCUT2D eigenvalue weighted by Crippen LogP contribution is 2.30. The maximum absolute atomic E-state index is 11.8. The number of ether oxygens (including phenoxy) is 1. The SMILES string of the molecule is CCCNC(C)(CN1CCOC2CCCC21)C(N)=O. The van der Waals surface area contributed by atoms with Gasteiger partial charge in [-0.25, -0.2) is 0 Å². The Balaban J connectivity index is 2.01. The Kier molecular flexibility index (Phi) is 4.81. The minimum atomic E-state index is -0.638. The first kappa shape index (κ1) is 14.8. The summed E-state index contributed by atoms with van der Waals surface area (Å²) in [5.74, 6) is -0.262. The maximum atomic E-state index is 11.8. The van der Waals surface area contributed by atoms with E-state index in [-0.39, 0.29) is 5.91 Å². The Labute approximate surface area is 115 Å². The van der Waals surface area contributed by atoms with Crippen LogP contribution in [-0.2, 0) is 9.53 Å². The van der Waals surface area contributed by atoms with E-state index in [1.165, 1.54) is 12.8 Å². The molecule has 0 radical (unpaired) electrons. The average Bonchev–Trinajstić information content (AvgIpc) is 2.85. The summed E-state index contributed by atoms with van der Waals surface area (Å²) in [6.07, 6.45) is 4.90. The second kappa shape index (κ2) is 6.20. The normalized spacial score (nSPS) is 30.8. The average molecular weight is 269 g/mol. The van der Waals surface area contributed by atoms with Gasteiger partial charge in [-0.2, -0.15) is 0 Å². The molecule has 5 nitrogen and oxygen atoms in total. The van der Waals surface area contributed by atoms with Crippen LogP contribution >= 0.6 is 0 Å². The number of amides is 1. The summed E-state index contributed by atoms with van der Waals surface area (Å²) in [5, 5.41) is 3.32. The number of nitrogens with one attached hydrogen (secondary N) is 1. The van der Waals surface area contributed by atoms with Crippen LogP contribution in [0.5, 0.6) is 0 Å². The van der Waals surface area contributed by atoms with Crippen LogP contribution in [0.25, 0.3) is 0 Å². The van der Waals surface area contributed by atoms with E-state index >= 15 is 0 Å². The van der Waals surface area contributed by atoms with Crippen LogP contribution in [-0.4, -0.2) is 54.7 Å². The Morgan fingerprint density at radius 1 is 1.53 bits per heavy atom. The molecule has 110 valence electrons. The molecule has 2 rings (SSSR count). The van der Waals surface area contributed by atoms with Crippen molar-refractivity contribution in [2.45, 2.75) is 57.2 Å². The molecule has 1 saturated heterocycles. The van der Waals surface area contributed by atoms with Crippen LogP contribution in [0.4, 0.5) is 0 Å². The predicted octanol–water partition coefficient (Wildman–Crippen LogP) is 0.483. The first-order valence-electron chi connectivity index (χ1n) is 7.47. The van der Waals surface area contributed by atoms with Gasteiger partial charge in [0.05, 0.1) is 12.7 Å². The third-order valence-corrected chi connectivity index (χ3v) is 4.43. The van der Waals surface area contributed by atoms with Gasteiger partial charge in [-0.05, 0) is 39.2 Å². The van der Waals surface area contributed by atoms with Crippen LogP contribution in [0, 0.1) is 0 Å². The number of hydrogen-bond acceptors (Lipinski definition) is 4. The molecule has 1 heterocycles. The zero-order valence-corrected chi connectivity index (χ0v) is 12.2. The van der Waals surface area contributed by atoms with Gasteiger partial charge in [0.1, 0.15) is 5.54 Å². The van der Waals surface area contributed by atoms with Gasteiger partial charge in [0, 0.05) is 19.1 Å². The quantitative estimate of drug-likeness (QED) is 0.736. The summed E-state index contributed by atoms with van der Waals surface area (Å²) in [4.78, 5) is 14.2. The number of hydrogen-bond donors (Lipinski definition) is 2. The van der Waals surface area contributed by atoms with Crippen molar-refractivity contribution in [2.24, 2.45) is 5.73 Å². The van der Waals surface area contributed by atoms with Crippen LogP contribution in [0.3, 0.4) is 0 Å². The predicted molar refractivity (Wildman–Crippen MR) is 74.8 cm³/mol. The smallest absolute Gasteiger partial charge is 0.238 e. The van der Waals surface area contributed by atoms with Crippen LogP contribution in [0.2, 0.25) is 0 Å². The molecule has 0 aromatic carbocycles. The number of primary amides is 1. The van der Waals surface area contributed by atoms with Crippen molar-refractivity contribution in [3.8, 4) is 0 Å². The van der Waals surface area contributed by atoms with Crippen LogP contribution in [0.1, 0.15) is 39.5 Å². The topological polar surface area (TPSA) is 67.6 Å². The van der Waals surface area contributed by atoms with E-state index in [0.29, 0.717) is 18.7 Å². The molecule has 2 aliphatic rings. The van der Waals surface area contributed by atoms with Gasteiger partial charge in [0.2, 0.25) is 5.91 Å². The minimum Gasteiger partial charge on any atom is -0.375 e. The fraction of sp³-hybridized carbons (Fsp3) is 0.929. The lowest BCUT2D eigenvalue weighted by molar-refractivity contribution is -0.126. The van der Waals surface area contributed by atoms with Gasteiger partial charge in [-0.15, -0.1) is 0 Å². The van der Waals surface area contributed by atoms with Gasteiger partial charge in [0.25, 0.3) is 0 Å². The fourth-order valence-corrected chi connectivity index (χ4v) is 3.23. The molecule has 3 atom stereocenters. The summed E-state index contributed by atoms with van der Waals surface area (Å²) in [5.41, 5.74) is 4.97. The molecule has 0 aromatic heterocycles. The summed E-state index contributed by atoms with van der Waals surface area (Å²) in [7, 11) is 0. The maximum Gasteiger partial charge on any atom is 0.238 e. The molecule has 3 N–H and O–H groups in total. The van der Waals surface area contributed by atoms with Gasteiger partial charge in [0.15, 0.2) is 0 Å². The van der Waals surface area contributed by atoms with Gasteiger partial charge < -0.3 is 15.8 Å². The fourth-order valence-electron chi connectivity index (χ4n) is 3.23. The van der Waals surface area contributed by atoms with Crippen molar-refractivity contribution in [1.29, 1.82) is 0 Å². The van der Waals surface area contributed by atoms with E-state index in [2.05, 4.69) is 17.1 Å². The lowest BCUT2D eigenvalue weighted by Gasteiger charge is -2.42. The highest BCUT2D eigenvalue weighted by Gasteiger charge is 2.41. The van der Waals surface area contributed by atoms with Crippen molar-refractivity contribution in [2.75, 3.05) is 26.2 Å². The number of fused-ring (bicyclic) bond motifs is 1.